The number of hydrogen-bond acceptors (Lipinski definition) is 6. The van der Waals surface area contributed by atoms with Crippen LogP contribution in [-0.2, 0) is 16.0 Å². The second kappa shape index (κ2) is 12.6. The summed E-state index contributed by atoms with van der Waals surface area (Å²) >= 11 is 0. The maximum absolute atomic E-state index is 11.9. The molecule has 0 aliphatic carbocycles. The first kappa shape index (κ1) is 25.0. The van der Waals surface area contributed by atoms with Gasteiger partial charge in [0, 0.05) is 31.3 Å². The van der Waals surface area contributed by atoms with Crippen LogP contribution in [0.2, 0.25) is 0 Å². The van der Waals surface area contributed by atoms with Crippen molar-refractivity contribution in [1.29, 1.82) is 0 Å². The Morgan fingerprint density at radius 2 is 2.03 bits per heavy atom. The van der Waals surface area contributed by atoms with E-state index in [1.165, 1.54) is 7.11 Å². The van der Waals surface area contributed by atoms with Crippen molar-refractivity contribution in [2.24, 2.45) is 10.7 Å². The number of aliphatic imine (C=N–C) groups is 1. The summed E-state index contributed by atoms with van der Waals surface area (Å²) in [5, 5.41) is 5.00. The summed E-state index contributed by atoms with van der Waals surface area (Å²) in [6.07, 6.45) is 3.55. The van der Waals surface area contributed by atoms with Gasteiger partial charge in [-0.15, -0.1) is 0 Å². The lowest BCUT2D eigenvalue weighted by molar-refractivity contribution is 0.0600. The quantitative estimate of drug-likeness (QED) is 0.224. The third-order valence-electron chi connectivity index (χ3n) is 4.82. The fourth-order valence-electron chi connectivity index (χ4n) is 3.26. The van der Waals surface area contributed by atoms with Crippen molar-refractivity contribution in [3.63, 3.8) is 0 Å². The molecular weight excluding hydrogens is 408 g/mol. The smallest absolute Gasteiger partial charge is 0.337 e. The van der Waals surface area contributed by atoms with Gasteiger partial charge >= 0.3 is 5.97 Å². The first-order chi connectivity index (χ1) is 15.4. The summed E-state index contributed by atoms with van der Waals surface area (Å²) in [6, 6.07) is 7.19. The first-order valence-corrected chi connectivity index (χ1v) is 10.7. The zero-order valence-electron chi connectivity index (χ0n) is 19.4. The Morgan fingerprint density at radius 3 is 2.69 bits per heavy atom. The van der Waals surface area contributed by atoms with Crippen molar-refractivity contribution in [2.75, 3.05) is 34.0 Å². The van der Waals surface area contributed by atoms with Gasteiger partial charge in [0.15, 0.2) is 5.82 Å². The van der Waals surface area contributed by atoms with Gasteiger partial charge in [-0.3, -0.25) is 0 Å². The van der Waals surface area contributed by atoms with E-state index >= 15 is 0 Å². The number of carbonyl (C=O) groups is 1. The van der Waals surface area contributed by atoms with Gasteiger partial charge < -0.3 is 29.8 Å². The van der Waals surface area contributed by atoms with Crippen LogP contribution >= 0.6 is 0 Å². The standard InChI is InChI=1S/C24H34N4O4/c1-6-8-21(25)27-23(26-12-14-32-7-2)22-17(3)11-13-28(22)16-19-10-9-18(24(29)31-5)15-20(19)30-4/h9-11,13,15,26H,3,6-8,12,14,16H2,1-2,4-5H3,(H2,25,27)/b23-22+. The predicted molar refractivity (Wildman–Crippen MR) is 127 cm³/mol. The minimum absolute atomic E-state index is 0.411. The van der Waals surface area contributed by atoms with E-state index in [9.17, 15) is 4.79 Å². The van der Waals surface area contributed by atoms with E-state index < -0.39 is 5.97 Å². The van der Waals surface area contributed by atoms with Crippen LogP contribution in [0.25, 0.3) is 12.4 Å². The average molecular weight is 443 g/mol. The van der Waals surface area contributed by atoms with Crippen LogP contribution in [0.1, 0.15) is 42.6 Å². The van der Waals surface area contributed by atoms with E-state index in [1.807, 2.05) is 29.8 Å². The molecule has 1 aromatic heterocycles. The van der Waals surface area contributed by atoms with Crippen LogP contribution in [0, 0.1) is 0 Å². The van der Waals surface area contributed by atoms with E-state index in [0.29, 0.717) is 55.7 Å². The Kier molecular flexibility index (Phi) is 9.81. The highest BCUT2D eigenvalue weighted by Crippen LogP contribution is 2.21. The number of esters is 1. The molecule has 174 valence electrons. The van der Waals surface area contributed by atoms with E-state index in [4.69, 9.17) is 19.9 Å². The summed E-state index contributed by atoms with van der Waals surface area (Å²) in [5.74, 6) is 1.39. The third-order valence-corrected chi connectivity index (χ3v) is 4.82. The lowest BCUT2D eigenvalue weighted by Crippen LogP contribution is -2.36. The lowest BCUT2D eigenvalue weighted by Gasteiger charge is -2.13. The number of rotatable bonds is 12. The minimum atomic E-state index is -0.411. The van der Waals surface area contributed by atoms with Gasteiger partial charge in [-0.1, -0.05) is 19.6 Å². The van der Waals surface area contributed by atoms with Crippen molar-refractivity contribution >= 4 is 24.2 Å². The first-order valence-electron chi connectivity index (χ1n) is 10.7. The Hall–Kier alpha value is -3.26. The molecule has 0 fully saturated rings. The zero-order chi connectivity index (χ0) is 23.5. The highest BCUT2D eigenvalue weighted by molar-refractivity contribution is 5.90. The Balaban J connectivity index is 2.50. The van der Waals surface area contributed by atoms with Crippen molar-refractivity contribution in [1.82, 2.24) is 9.88 Å². The van der Waals surface area contributed by atoms with Gasteiger partial charge in [-0.05, 0) is 36.8 Å². The summed E-state index contributed by atoms with van der Waals surface area (Å²) < 4.78 is 17.8. The maximum Gasteiger partial charge on any atom is 0.337 e. The van der Waals surface area contributed by atoms with Gasteiger partial charge in [0.25, 0.3) is 0 Å². The third kappa shape index (κ3) is 6.62. The van der Waals surface area contributed by atoms with E-state index in [0.717, 1.165) is 22.6 Å². The van der Waals surface area contributed by atoms with Crippen molar-refractivity contribution < 1.29 is 19.0 Å². The van der Waals surface area contributed by atoms with Gasteiger partial charge in [-0.2, -0.15) is 0 Å². The number of hydrogen-bond donors (Lipinski definition) is 2. The van der Waals surface area contributed by atoms with Crippen molar-refractivity contribution in [3.8, 4) is 5.75 Å². The van der Waals surface area contributed by atoms with Crippen LogP contribution in [0.4, 0.5) is 0 Å². The molecule has 8 nitrogen and oxygen atoms in total. The maximum atomic E-state index is 11.9. The number of aromatic nitrogens is 1. The number of nitrogens with one attached hydrogen (secondary N) is 1. The topological polar surface area (TPSA) is 100 Å². The number of nitrogens with two attached hydrogens (primary N) is 1. The molecule has 0 spiro atoms. The lowest BCUT2D eigenvalue weighted by atomic mass is 10.1. The number of methoxy groups -OCH3 is 2. The molecule has 0 aliphatic heterocycles. The number of ether oxygens (including phenoxy) is 3. The molecule has 0 radical (unpaired) electrons. The molecule has 0 aliphatic rings. The van der Waals surface area contributed by atoms with Gasteiger partial charge in [0.2, 0.25) is 0 Å². The molecule has 32 heavy (non-hydrogen) atoms. The largest absolute Gasteiger partial charge is 0.496 e. The fourth-order valence-corrected chi connectivity index (χ4v) is 3.26. The van der Waals surface area contributed by atoms with Gasteiger partial charge in [-0.25, -0.2) is 9.79 Å². The van der Waals surface area contributed by atoms with Crippen LogP contribution in [-0.4, -0.2) is 50.4 Å². The molecule has 0 atom stereocenters. The van der Waals surface area contributed by atoms with E-state index in [2.05, 4.69) is 23.8 Å². The minimum Gasteiger partial charge on any atom is -0.496 e. The molecule has 3 N–H and O–H groups in total. The predicted octanol–water partition coefficient (Wildman–Crippen LogP) is 1.59. The molecule has 0 saturated carbocycles. The Labute approximate surface area is 189 Å². The van der Waals surface area contributed by atoms with Crippen LogP contribution in [0.3, 0.4) is 0 Å². The molecule has 1 aromatic carbocycles. The van der Waals surface area contributed by atoms with Crippen LogP contribution in [0.15, 0.2) is 35.5 Å². The Bertz CT molecular complexity index is 1040. The molecule has 0 saturated heterocycles. The van der Waals surface area contributed by atoms with Crippen LogP contribution in [0.5, 0.6) is 5.75 Å². The second-order valence-electron chi connectivity index (χ2n) is 7.16. The molecule has 8 heteroatoms. The zero-order valence-corrected chi connectivity index (χ0v) is 19.4. The molecular formula is C24H34N4O4. The highest BCUT2D eigenvalue weighted by atomic mass is 16.5. The fraction of sp³-hybridized carbons (Fsp3) is 0.417. The van der Waals surface area contributed by atoms with E-state index in [-0.39, 0.29) is 0 Å². The van der Waals surface area contributed by atoms with E-state index in [1.54, 1.807) is 19.2 Å². The summed E-state index contributed by atoms with van der Waals surface area (Å²) in [7, 11) is 2.93. The molecule has 2 rings (SSSR count). The summed E-state index contributed by atoms with van der Waals surface area (Å²) in [5.41, 5.74) is 7.47. The van der Waals surface area contributed by atoms with Crippen LogP contribution < -0.4 is 26.4 Å². The SMILES string of the molecule is C=c1ccn(Cc2ccc(C(=O)OC)cc2OC)/c1=C(/N=C(/N)CCC)NCCOCC. The summed E-state index contributed by atoms with van der Waals surface area (Å²) in [4.78, 5) is 16.5. The van der Waals surface area contributed by atoms with Crippen molar-refractivity contribution in [2.45, 2.75) is 33.2 Å². The highest BCUT2D eigenvalue weighted by Gasteiger charge is 2.12. The van der Waals surface area contributed by atoms with Gasteiger partial charge in [0.1, 0.15) is 11.6 Å². The van der Waals surface area contributed by atoms with Crippen molar-refractivity contribution in [3.05, 3.63) is 52.2 Å². The average Bonchev–Trinajstić information content (AvgIpc) is 3.15. The summed E-state index contributed by atoms with van der Waals surface area (Å²) in [6.45, 7) is 10.5. The second-order valence-corrected chi connectivity index (χ2v) is 7.16. The number of nitrogens with zero attached hydrogens (tertiary/aromatic N) is 2. The molecule has 0 bridgehead atoms. The number of benzene rings is 1. The normalized spacial score (nSPS) is 12.4. The number of carbonyl (C=O) groups excluding carboxylic acids is 1. The molecule has 2 aromatic rings. The number of amidine groups is 1. The monoisotopic (exact) mass is 442 g/mol. The Morgan fingerprint density at radius 1 is 1.25 bits per heavy atom. The molecule has 1 heterocycles. The van der Waals surface area contributed by atoms with Gasteiger partial charge in [0.05, 0.1) is 38.3 Å². The molecule has 0 unspecified atom stereocenters. The molecule has 0 amide bonds.